The van der Waals surface area contributed by atoms with Crippen molar-refractivity contribution in [1.29, 1.82) is 0 Å². The molecule has 0 radical (unpaired) electrons. The van der Waals surface area contributed by atoms with Gasteiger partial charge in [-0.3, -0.25) is 0 Å². The summed E-state index contributed by atoms with van der Waals surface area (Å²) in [5.41, 5.74) is 1.61. The van der Waals surface area contributed by atoms with E-state index in [9.17, 15) is 5.11 Å². The Morgan fingerprint density at radius 1 is 1.38 bits per heavy atom. The van der Waals surface area contributed by atoms with E-state index in [0.717, 1.165) is 16.5 Å². The average molecular weight is 194 g/mol. The lowest BCUT2D eigenvalue weighted by Gasteiger charge is -2.03. The summed E-state index contributed by atoms with van der Waals surface area (Å²) in [6, 6.07) is 7.64. The van der Waals surface area contributed by atoms with Gasteiger partial charge in [0.2, 0.25) is 0 Å². The average Bonchev–Trinajstić information content (AvgIpc) is 2.60. The molecule has 1 N–H and O–H groups in total. The molecule has 2 rings (SSSR count). The number of rotatable bonds is 2. The molecule has 1 aromatic carbocycles. The van der Waals surface area contributed by atoms with Gasteiger partial charge >= 0.3 is 0 Å². The van der Waals surface area contributed by atoms with Crippen LogP contribution < -0.4 is 0 Å². The maximum Gasteiger partial charge on any atom is 0.134 e. The summed E-state index contributed by atoms with van der Waals surface area (Å²) >= 11 is 4.04. The van der Waals surface area contributed by atoms with Crippen LogP contribution in [0.15, 0.2) is 34.9 Å². The van der Waals surface area contributed by atoms with E-state index in [2.05, 4.69) is 12.6 Å². The molecule has 3 heteroatoms. The number of hydrogen-bond donors (Lipinski definition) is 2. The van der Waals surface area contributed by atoms with Crippen LogP contribution in [0.1, 0.15) is 11.7 Å². The second-order valence-electron chi connectivity index (χ2n) is 2.89. The summed E-state index contributed by atoms with van der Waals surface area (Å²) in [7, 11) is 0. The molecule has 0 aliphatic carbocycles. The predicted molar refractivity (Wildman–Crippen MR) is 55.0 cm³/mol. The van der Waals surface area contributed by atoms with Crippen LogP contribution in [-0.2, 0) is 0 Å². The number of aliphatic hydroxyl groups is 1. The zero-order valence-electron chi connectivity index (χ0n) is 6.97. The Labute approximate surface area is 81.6 Å². The Kier molecular flexibility index (Phi) is 2.29. The fraction of sp³-hybridized carbons (Fsp3) is 0.200. The minimum Gasteiger partial charge on any atom is -0.464 e. The van der Waals surface area contributed by atoms with Gasteiger partial charge in [-0.25, -0.2) is 0 Å². The van der Waals surface area contributed by atoms with Crippen LogP contribution >= 0.6 is 12.6 Å². The number of para-hydroxylation sites is 1. The van der Waals surface area contributed by atoms with Gasteiger partial charge in [-0.1, -0.05) is 18.2 Å². The maximum absolute atomic E-state index is 9.58. The van der Waals surface area contributed by atoms with Crippen molar-refractivity contribution >= 4 is 23.6 Å². The third-order valence-electron chi connectivity index (χ3n) is 2.04. The zero-order valence-corrected chi connectivity index (χ0v) is 7.87. The van der Waals surface area contributed by atoms with Crippen molar-refractivity contribution in [3.63, 3.8) is 0 Å². The number of benzene rings is 1. The Hall–Kier alpha value is -0.930. The van der Waals surface area contributed by atoms with Crippen molar-refractivity contribution in [3.05, 3.63) is 36.1 Å². The molecule has 0 aliphatic rings. The Morgan fingerprint density at radius 3 is 2.92 bits per heavy atom. The lowest BCUT2D eigenvalue weighted by Crippen LogP contribution is -1.96. The van der Waals surface area contributed by atoms with Crippen LogP contribution in [0.2, 0.25) is 0 Å². The van der Waals surface area contributed by atoms with Gasteiger partial charge in [-0.05, 0) is 6.07 Å². The van der Waals surface area contributed by atoms with Gasteiger partial charge in [0, 0.05) is 16.7 Å². The molecule has 2 aromatic rings. The minimum atomic E-state index is -0.549. The highest BCUT2D eigenvalue weighted by atomic mass is 32.1. The first-order valence-electron chi connectivity index (χ1n) is 4.08. The van der Waals surface area contributed by atoms with Gasteiger partial charge in [0.25, 0.3) is 0 Å². The largest absolute Gasteiger partial charge is 0.464 e. The van der Waals surface area contributed by atoms with Crippen LogP contribution in [0.3, 0.4) is 0 Å². The fourth-order valence-electron chi connectivity index (χ4n) is 1.35. The summed E-state index contributed by atoms with van der Waals surface area (Å²) in [5.74, 6) is 0.406. The third-order valence-corrected chi connectivity index (χ3v) is 2.39. The number of aliphatic hydroxyl groups excluding tert-OH is 1. The minimum absolute atomic E-state index is 0.406. The summed E-state index contributed by atoms with van der Waals surface area (Å²) in [4.78, 5) is 0. The molecule has 1 unspecified atom stereocenters. The van der Waals surface area contributed by atoms with E-state index >= 15 is 0 Å². The molecular weight excluding hydrogens is 184 g/mol. The monoisotopic (exact) mass is 194 g/mol. The van der Waals surface area contributed by atoms with Crippen LogP contribution in [0.4, 0.5) is 0 Å². The summed E-state index contributed by atoms with van der Waals surface area (Å²) < 4.78 is 5.28. The summed E-state index contributed by atoms with van der Waals surface area (Å²) in [6.07, 6.45) is 1.04. The molecule has 0 bridgehead atoms. The molecule has 1 atom stereocenters. The van der Waals surface area contributed by atoms with Crippen molar-refractivity contribution in [2.75, 3.05) is 5.75 Å². The Balaban J connectivity index is 2.57. The molecule has 13 heavy (non-hydrogen) atoms. The molecule has 68 valence electrons. The van der Waals surface area contributed by atoms with Gasteiger partial charge in [0.1, 0.15) is 5.58 Å². The number of fused-ring (bicyclic) bond motifs is 1. The standard InChI is InChI=1S/C10H10O2S/c11-9(6-13)8-5-12-10-4-2-1-3-7(8)10/h1-5,9,11,13H,6H2. The van der Waals surface area contributed by atoms with Crippen molar-refractivity contribution in [3.8, 4) is 0 Å². The molecule has 0 saturated heterocycles. The highest BCUT2D eigenvalue weighted by Gasteiger charge is 2.11. The molecule has 0 spiro atoms. The molecule has 1 heterocycles. The van der Waals surface area contributed by atoms with Gasteiger partial charge in [0.05, 0.1) is 12.4 Å². The van der Waals surface area contributed by atoms with Gasteiger partial charge in [-0.2, -0.15) is 12.6 Å². The second-order valence-corrected chi connectivity index (χ2v) is 3.25. The van der Waals surface area contributed by atoms with Gasteiger partial charge in [-0.15, -0.1) is 0 Å². The van der Waals surface area contributed by atoms with E-state index in [1.807, 2.05) is 24.3 Å². The number of furan rings is 1. The van der Waals surface area contributed by atoms with Crippen LogP contribution in [0.25, 0.3) is 11.0 Å². The van der Waals surface area contributed by atoms with Gasteiger partial charge < -0.3 is 9.52 Å². The highest BCUT2D eigenvalue weighted by Crippen LogP contribution is 2.26. The first-order chi connectivity index (χ1) is 6.33. The first-order valence-corrected chi connectivity index (χ1v) is 4.71. The Bertz CT molecular complexity index is 408. The van der Waals surface area contributed by atoms with E-state index < -0.39 is 6.10 Å². The first kappa shape index (κ1) is 8.66. The number of thiol groups is 1. The lowest BCUT2D eigenvalue weighted by molar-refractivity contribution is 0.205. The summed E-state index contributed by atoms with van der Waals surface area (Å²) in [5, 5.41) is 10.5. The van der Waals surface area contributed by atoms with Crippen molar-refractivity contribution in [2.45, 2.75) is 6.10 Å². The molecule has 1 aromatic heterocycles. The van der Waals surface area contributed by atoms with E-state index in [1.165, 1.54) is 0 Å². The SMILES string of the molecule is OC(CS)c1coc2ccccc12. The Morgan fingerprint density at radius 2 is 2.15 bits per heavy atom. The summed E-state index contributed by atoms with van der Waals surface area (Å²) in [6.45, 7) is 0. The van der Waals surface area contributed by atoms with Crippen LogP contribution in [0, 0.1) is 0 Å². The van der Waals surface area contributed by atoms with Crippen molar-refractivity contribution in [1.82, 2.24) is 0 Å². The van der Waals surface area contributed by atoms with E-state index in [-0.39, 0.29) is 0 Å². The topological polar surface area (TPSA) is 33.4 Å². The normalized spacial score (nSPS) is 13.4. The quantitative estimate of drug-likeness (QED) is 0.720. The van der Waals surface area contributed by atoms with Crippen LogP contribution in [0.5, 0.6) is 0 Å². The third kappa shape index (κ3) is 1.45. The van der Waals surface area contributed by atoms with E-state index in [0.29, 0.717) is 5.75 Å². The zero-order chi connectivity index (χ0) is 9.26. The van der Waals surface area contributed by atoms with Crippen molar-refractivity contribution in [2.24, 2.45) is 0 Å². The van der Waals surface area contributed by atoms with E-state index in [1.54, 1.807) is 6.26 Å². The second kappa shape index (κ2) is 3.44. The molecule has 0 fully saturated rings. The molecular formula is C10H10O2S. The maximum atomic E-state index is 9.58. The molecule has 2 nitrogen and oxygen atoms in total. The van der Waals surface area contributed by atoms with E-state index in [4.69, 9.17) is 4.42 Å². The van der Waals surface area contributed by atoms with Gasteiger partial charge in [0.15, 0.2) is 0 Å². The van der Waals surface area contributed by atoms with Crippen molar-refractivity contribution < 1.29 is 9.52 Å². The number of hydrogen-bond acceptors (Lipinski definition) is 3. The highest BCUT2D eigenvalue weighted by molar-refractivity contribution is 7.80. The smallest absolute Gasteiger partial charge is 0.134 e. The molecule has 0 saturated carbocycles. The molecule has 0 amide bonds. The predicted octanol–water partition coefficient (Wildman–Crippen LogP) is 2.40. The lowest BCUT2D eigenvalue weighted by atomic mass is 10.1. The van der Waals surface area contributed by atoms with Crippen LogP contribution in [-0.4, -0.2) is 10.9 Å². The molecule has 0 aliphatic heterocycles. The fourth-order valence-corrected chi connectivity index (χ4v) is 1.55.